The SMILES string of the molecule is CN(C1=C(c2ccccc2)C(=O)N(c2cccc(Br)c2)C1=O)c1ccccc1. The zero-order valence-corrected chi connectivity index (χ0v) is 16.8. The van der Waals surface area contributed by atoms with Crippen molar-refractivity contribution in [3.05, 3.63) is 101 Å². The predicted molar refractivity (Wildman–Crippen MR) is 115 cm³/mol. The second-order valence-corrected chi connectivity index (χ2v) is 7.33. The Kier molecular flexibility index (Phi) is 4.84. The Balaban J connectivity index is 1.88. The number of amides is 2. The highest BCUT2D eigenvalue weighted by Crippen LogP contribution is 2.36. The summed E-state index contributed by atoms with van der Waals surface area (Å²) in [7, 11) is 1.81. The van der Waals surface area contributed by atoms with Gasteiger partial charge in [0.05, 0.1) is 11.3 Å². The number of para-hydroxylation sites is 1. The third kappa shape index (κ3) is 3.14. The number of halogens is 1. The van der Waals surface area contributed by atoms with E-state index in [-0.39, 0.29) is 11.8 Å². The third-order valence-corrected chi connectivity index (χ3v) is 5.16. The number of carbonyl (C=O) groups is 2. The number of likely N-dealkylation sites (N-methyl/N-ethyl adjacent to an activating group) is 1. The quantitative estimate of drug-likeness (QED) is 0.552. The van der Waals surface area contributed by atoms with Crippen molar-refractivity contribution >= 4 is 44.7 Å². The Morgan fingerprint density at radius 3 is 2.07 bits per heavy atom. The topological polar surface area (TPSA) is 40.6 Å². The average Bonchev–Trinajstić information content (AvgIpc) is 2.99. The van der Waals surface area contributed by atoms with Crippen LogP contribution in [0.4, 0.5) is 11.4 Å². The van der Waals surface area contributed by atoms with Crippen molar-refractivity contribution in [1.29, 1.82) is 0 Å². The lowest BCUT2D eigenvalue weighted by atomic mass is 10.0. The van der Waals surface area contributed by atoms with Gasteiger partial charge in [0.1, 0.15) is 5.70 Å². The lowest BCUT2D eigenvalue weighted by Crippen LogP contribution is -2.34. The predicted octanol–water partition coefficient (Wildman–Crippen LogP) is 4.87. The van der Waals surface area contributed by atoms with E-state index >= 15 is 0 Å². The lowest BCUT2D eigenvalue weighted by Gasteiger charge is -2.21. The molecule has 2 amide bonds. The fourth-order valence-electron chi connectivity index (χ4n) is 3.32. The zero-order chi connectivity index (χ0) is 19.7. The van der Waals surface area contributed by atoms with Gasteiger partial charge in [0, 0.05) is 17.2 Å². The van der Waals surface area contributed by atoms with Gasteiger partial charge in [0.25, 0.3) is 11.8 Å². The summed E-state index contributed by atoms with van der Waals surface area (Å²) in [5.74, 6) is -0.666. The first-order valence-electron chi connectivity index (χ1n) is 8.81. The molecule has 0 N–H and O–H groups in total. The second-order valence-electron chi connectivity index (χ2n) is 6.41. The van der Waals surface area contributed by atoms with Crippen LogP contribution in [-0.4, -0.2) is 18.9 Å². The minimum absolute atomic E-state index is 0.327. The summed E-state index contributed by atoms with van der Waals surface area (Å²) in [6.45, 7) is 0. The van der Waals surface area contributed by atoms with E-state index in [4.69, 9.17) is 0 Å². The Morgan fingerprint density at radius 1 is 0.786 bits per heavy atom. The smallest absolute Gasteiger partial charge is 0.282 e. The Bertz CT molecular complexity index is 1080. The van der Waals surface area contributed by atoms with E-state index in [0.29, 0.717) is 17.0 Å². The first-order valence-corrected chi connectivity index (χ1v) is 9.60. The molecule has 1 aliphatic heterocycles. The van der Waals surface area contributed by atoms with Gasteiger partial charge in [0.15, 0.2) is 0 Å². The van der Waals surface area contributed by atoms with Crippen LogP contribution in [0.25, 0.3) is 5.57 Å². The Morgan fingerprint density at radius 2 is 1.43 bits per heavy atom. The van der Waals surface area contributed by atoms with E-state index in [2.05, 4.69) is 15.9 Å². The zero-order valence-electron chi connectivity index (χ0n) is 15.2. The van der Waals surface area contributed by atoms with E-state index < -0.39 is 0 Å². The van der Waals surface area contributed by atoms with Crippen LogP contribution in [0.5, 0.6) is 0 Å². The maximum Gasteiger partial charge on any atom is 0.282 e. The summed E-state index contributed by atoms with van der Waals surface area (Å²) >= 11 is 3.42. The number of hydrogen-bond donors (Lipinski definition) is 0. The van der Waals surface area contributed by atoms with Gasteiger partial charge in [0.2, 0.25) is 0 Å². The van der Waals surface area contributed by atoms with Crippen LogP contribution in [0.2, 0.25) is 0 Å². The van der Waals surface area contributed by atoms with Crippen molar-refractivity contribution < 1.29 is 9.59 Å². The molecule has 0 spiro atoms. The molecule has 1 aliphatic rings. The molecule has 28 heavy (non-hydrogen) atoms. The van der Waals surface area contributed by atoms with Gasteiger partial charge in [-0.05, 0) is 35.9 Å². The Labute approximate surface area is 171 Å². The van der Waals surface area contributed by atoms with Gasteiger partial charge in [-0.15, -0.1) is 0 Å². The number of hydrogen-bond acceptors (Lipinski definition) is 3. The third-order valence-electron chi connectivity index (χ3n) is 4.67. The fourth-order valence-corrected chi connectivity index (χ4v) is 3.71. The molecule has 0 unspecified atom stereocenters. The van der Waals surface area contributed by atoms with E-state index in [9.17, 15) is 9.59 Å². The number of rotatable bonds is 4. The minimum atomic E-state index is -0.340. The van der Waals surface area contributed by atoms with Crippen molar-refractivity contribution in [2.24, 2.45) is 0 Å². The molecule has 0 saturated carbocycles. The number of benzene rings is 3. The molecule has 0 radical (unpaired) electrons. The molecule has 0 aromatic heterocycles. The molecule has 1 heterocycles. The summed E-state index contributed by atoms with van der Waals surface area (Å²) in [5.41, 5.74) is 2.85. The number of imide groups is 1. The molecule has 138 valence electrons. The number of anilines is 2. The highest BCUT2D eigenvalue weighted by molar-refractivity contribution is 9.10. The van der Waals surface area contributed by atoms with Crippen LogP contribution in [0.3, 0.4) is 0 Å². The highest BCUT2D eigenvalue weighted by Gasteiger charge is 2.42. The molecule has 0 saturated heterocycles. The van der Waals surface area contributed by atoms with E-state index in [0.717, 1.165) is 15.7 Å². The monoisotopic (exact) mass is 432 g/mol. The van der Waals surface area contributed by atoms with E-state index in [1.807, 2.05) is 73.8 Å². The summed E-state index contributed by atoms with van der Waals surface area (Å²) in [4.78, 5) is 29.8. The summed E-state index contributed by atoms with van der Waals surface area (Å²) in [6, 6.07) is 26.1. The summed E-state index contributed by atoms with van der Waals surface area (Å²) in [5, 5.41) is 0. The maximum absolute atomic E-state index is 13.4. The highest BCUT2D eigenvalue weighted by atomic mass is 79.9. The van der Waals surface area contributed by atoms with E-state index in [1.54, 1.807) is 23.1 Å². The lowest BCUT2D eigenvalue weighted by molar-refractivity contribution is -0.120. The molecule has 0 fully saturated rings. The molecular weight excluding hydrogens is 416 g/mol. The van der Waals surface area contributed by atoms with Crippen molar-refractivity contribution in [1.82, 2.24) is 0 Å². The summed E-state index contributed by atoms with van der Waals surface area (Å²) in [6.07, 6.45) is 0. The van der Waals surface area contributed by atoms with Crippen LogP contribution in [0, 0.1) is 0 Å². The van der Waals surface area contributed by atoms with Crippen LogP contribution in [-0.2, 0) is 9.59 Å². The van der Waals surface area contributed by atoms with Crippen molar-refractivity contribution in [3.63, 3.8) is 0 Å². The molecule has 4 rings (SSSR count). The fraction of sp³-hybridized carbons (Fsp3) is 0.0435. The molecule has 0 aliphatic carbocycles. The molecule has 0 atom stereocenters. The van der Waals surface area contributed by atoms with Crippen molar-refractivity contribution in [2.75, 3.05) is 16.8 Å². The van der Waals surface area contributed by atoms with Gasteiger partial charge in [-0.25, -0.2) is 4.90 Å². The van der Waals surface area contributed by atoms with Gasteiger partial charge in [-0.1, -0.05) is 70.5 Å². The molecule has 3 aromatic carbocycles. The maximum atomic E-state index is 13.4. The first kappa shape index (κ1) is 18.2. The largest absolute Gasteiger partial charge is 0.339 e. The van der Waals surface area contributed by atoms with E-state index in [1.165, 1.54) is 4.90 Å². The molecular formula is C23H17BrN2O2. The number of carbonyl (C=O) groups excluding carboxylic acids is 2. The van der Waals surface area contributed by atoms with Gasteiger partial charge in [-0.3, -0.25) is 9.59 Å². The van der Waals surface area contributed by atoms with Crippen LogP contribution in [0.1, 0.15) is 5.56 Å². The summed E-state index contributed by atoms with van der Waals surface area (Å²) < 4.78 is 0.803. The van der Waals surface area contributed by atoms with Crippen molar-refractivity contribution in [2.45, 2.75) is 0 Å². The van der Waals surface area contributed by atoms with Gasteiger partial charge in [-0.2, -0.15) is 0 Å². The van der Waals surface area contributed by atoms with Crippen molar-refractivity contribution in [3.8, 4) is 0 Å². The Hall–Kier alpha value is -3.18. The average molecular weight is 433 g/mol. The number of nitrogens with zero attached hydrogens (tertiary/aromatic N) is 2. The van der Waals surface area contributed by atoms with Gasteiger partial charge >= 0.3 is 0 Å². The van der Waals surface area contributed by atoms with Crippen LogP contribution in [0.15, 0.2) is 95.1 Å². The molecule has 5 heteroatoms. The molecule has 4 nitrogen and oxygen atoms in total. The van der Waals surface area contributed by atoms with Crippen LogP contribution < -0.4 is 9.80 Å². The normalized spacial score (nSPS) is 14.0. The first-order chi connectivity index (χ1) is 13.6. The van der Waals surface area contributed by atoms with Gasteiger partial charge < -0.3 is 4.90 Å². The molecule has 0 bridgehead atoms. The van der Waals surface area contributed by atoms with Crippen LogP contribution >= 0.6 is 15.9 Å². The second kappa shape index (κ2) is 7.44. The standard InChI is InChI=1S/C23H17BrN2O2/c1-25(18-12-6-3-7-13-18)21-20(16-9-4-2-5-10-16)22(27)26(23(21)28)19-14-8-11-17(24)15-19/h2-15H,1H3. The minimum Gasteiger partial charge on any atom is -0.339 e. The molecule has 3 aromatic rings.